The minimum absolute atomic E-state index is 0. The van der Waals surface area contributed by atoms with Gasteiger partial charge in [-0.1, -0.05) is 12.1 Å². The Kier molecular flexibility index (Phi) is 6.97. The predicted molar refractivity (Wildman–Crippen MR) is 82.6 cm³/mol. The van der Waals surface area contributed by atoms with Crippen molar-refractivity contribution in [2.75, 3.05) is 26.2 Å². The van der Waals surface area contributed by atoms with Gasteiger partial charge in [0.25, 0.3) is 0 Å². The second kappa shape index (κ2) is 8.04. The fraction of sp³-hybridized carbons (Fsp3) is 0.600. The minimum atomic E-state index is -4.14. The zero-order chi connectivity index (χ0) is 15.5. The molecule has 1 aliphatic rings. The van der Waals surface area contributed by atoms with E-state index in [4.69, 9.17) is 0 Å². The van der Waals surface area contributed by atoms with Gasteiger partial charge in [-0.2, -0.15) is 13.2 Å². The maximum Gasteiger partial charge on any atom is 0.389 e. The Morgan fingerprint density at radius 1 is 1.27 bits per heavy atom. The third-order valence-corrected chi connectivity index (χ3v) is 3.90. The number of nitrogens with one attached hydrogen (secondary N) is 1. The van der Waals surface area contributed by atoms with Crippen LogP contribution in [0.25, 0.3) is 0 Å². The van der Waals surface area contributed by atoms with Gasteiger partial charge in [-0.3, -0.25) is 4.90 Å². The Hall–Kier alpha value is -0.980. The standard InChI is InChI=1S/C15H21F3N2O.ClH/c1-11-10-12(2-3-14(11)21)13(4-5-15(16,17)18)20-8-6-19-7-9-20;/h2-3,10,13,19,21H,4-9H2,1H3;1H/t13-;/m1./s1. The fourth-order valence-corrected chi connectivity index (χ4v) is 2.74. The highest BCUT2D eigenvalue weighted by atomic mass is 35.5. The highest BCUT2D eigenvalue weighted by Gasteiger charge is 2.31. The van der Waals surface area contributed by atoms with Crippen molar-refractivity contribution in [3.8, 4) is 5.75 Å². The van der Waals surface area contributed by atoms with Crippen LogP contribution in [0.4, 0.5) is 13.2 Å². The summed E-state index contributed by atoms with van der Waals surface area (Å²) in [6.45, 7) is 4.82. The first kappa shape index (κ1) is 19.1. The van der Waals surface area contributed by atoms with Gasteiger partial charge < -0.3 is 10.4 Å². The van der Waals surface area contributed by atoms with Crippen LogP contribution >= 0.6 is 12.4 Å². The number of phenolic OH excluding ortho intramolecular Hbond substituents is 1. The van der Waals surface area contributed by atoms with E-state index in [0.29, 0.717) is 5.56 Å². The SMILES string of the molecule is Cc1cc([C@@H](CCC(F)(F)F)N2CCNCC2)ccc1O.Cl. The van der Waals surface area contributed by atoms with Gasteiger partial charge in [0.1, 0.15) is 5.75 Å². The normalized spacial score (nSPS) is 17.8. The molecule has 0 saturated carbocycles. The highest BCUT2D eigenvalue weighted by Crippen LogP contribution is 2.33. The smallest absolute Gasteiger partial charge is 0.389 e. The Morgan fingerprint density at radius 2 is 1.91 bits per heavy atom. The van der Waals surface area contributed by atoms with Crippen LogP contribution in [-0.2, 0) is 0 Å². The van der Waals surface area contributed by atoms with Gasteiger partial charge in [-0.05, 0) is 30.5 Å². The van der Waals surface area contributed by atoms with Gasteiger partial charge in [0.2, 0.25) is 0 Å². The van der Waals surface area contributed by atoms with Gasteiger partial charge in [-0.15, -0.1) is 12.4 Å². The molecule has 1 aromatic carbocycles. The second-order valence-corrected chi connectivity index (χ2v) is 5.50. The molecule has 1 saturated heterocycles. The molecule has 2 rings (SSSR count). The zero-order valence-corrected chi connectivity index (χ0v) is 13.3. The average Bonchev–Trinajstić information content (AvgIpc) is 2.43. The number of phenols is 1. The van der Waals surface area contributed by atoms with Crippen molar-refractivity contribution in [2.24, 2.45) is 0 Å². The quantitative estimate of drug-likeness (QED) is 0.883. The summed E-state index contributed by atoms with van der Waals surface area (Å²) in [6.07, 6.45) is -4.88. The number of nitrogens with zero attached hydrogens (tertiary/aromatic N) is 1. The van der Waals surface area contributed by atoms with Crippen LogP contribution in [0.15, 0.2) is 18.2 Å². The molecular weight excluding hydrogens is 317 g/mol. The van der Waals surface area contributed by atoms with Crippen molar-refractivity contribution in [1.29, 1.82) is 0 Å². The van der Waals surface area contributed by atoms with E-state index in [-0.39, 0.29) is 30.6 Å². The third kappa shape index (κ3) is 5.34. The van der Waals surface area contributed by atoms with Crippen LogP contribution in [-0.4, -0.2) is 42.4 Å². The number of halogens is 4. The Balaban J connectivity index is 0.00000242. The van der Waals surface area contributed by atoms with Crippen molar-refractivity contribution in [1.82, 2.24) is 10.2 Å². The molecule has 1 aliphatic heterocycles. The second-order valence-electron chi connectivity index (χ2n) is 5.50. The third-order valence-electron chi connectivity index (χ3n) is 3.90. The molecule has 0 bridgehead atoms. The molecule has 0 radical (unpaired) electrons. The lowest BCUT2D eigenvalue weighted by molar-refractivity contribution is -0.138. The van der Waals surface area contributed by atoms with Gasteiger partial charge in [0.05, 0.1) is 0 Å². The van der Waals surface area contributed by atoms with Crippen molar-refractivity contribution in [2.45, 2.75) is 32.0 Å². The number of hydrogen-bond donors (Lipinski definition) is 2. The summed E-state index contributed by atoms with van der Waals surface area (Å²) < 4.78 is 37.7. The number of alkyl halides is 3. The summed E-state index contributed by atoms with van der Waals surface area (Å²) in [4.78, 5) is 2.09. The molecule has 1 fully saturated rings. The lowest BCUT2D eigenvalue weighted by Gasteiger charge is -2.35. The van der Waals surface area contributed by atoms with E-state index in [9.17, 15) is 18.3 Å². The topological polar surface area (TPSA) is 35.5 Å². The van der Waals surface area contributed by atoms with Crippen molar-refractivity contribution in [3.63, 3.8) is 0 Å². The summed E-state index contributed by atoms with van der Waals surface area (Å²) >= 11 is 0. The molecule has 0 aromatic heterocycles. The summed E-state index contributed by atoms with van der Waals surface area (Å²) in [6, 6.07) is 4.82. The fourth-order valence-electron chi connectivity index (χ4n) is 2.74. The maximum atomic E-state index is 12.6. The number of benzene rings is 1. The molecule has 0 aliphatic carbocycles. The molecule has 126 valence electrons. The van der Waals surface area contributed by atoms with Crippen LogP contribution in [0.2, 0.25) is 0 Å². The van der Waals surface area contributed by atoms with Crippen LogP contribution in [0.5, 0.6) is 5.75 Å². The molecule has 0 spiro atoms. The number of aryl methyl sites for hydroxylation is 1. The molecular formula is C15H22ClF3N2O. The van der Waals surface area contributed by atoms with Gasteiger partial charge in [-0.25, -0.2) is 0 Å². The Morgan fingerprint density at radius 3 is 2.45 bits per heavy atom. The lowest BCUT2D eigenvalue weighted by Crippen LogP contribution is -2.45. The highest BCUT2D eigenvalue weighted by molar-refractivity contribution is 5.85. The van der Waals surface area contributed by atoms with Crippen LogP contribution < -0.4 is 5.32 Å². The van der Waals surface area contributed by atoms with E-state index >= 15 is 0 Å². The first-order valence-electron chi connectivity index (χ1n) is 7.18. The van der Waals surface area contributed by atoms with Crippen molar-refractivity contribution in [3.05, 3.63) is 29.3 Å². The summed E-state index contributed by atoms with van der Waals surface area (Å²) in [5.74, 6) is 0.175. The molecule has 1 heterocycles. The number of rotatable bonds is 4. The molecule has 7 heteroatoms. The zero-order valence-electron chi connectivity index (χ0n) is 12.5. The Bertz CT molecular complexity index is 476. The molecule has 3 nitrogen and oxygen atoms in total. The maximum absolute atomic E-state index is 12.6. The molecule has 0 unspecified atom stereocenters. The molecule has 22 heavy (non-hydrogen) atoms. The monoisotopic (exact) mass is 338 g/mol. The van der Waals surface area contributed by atoms with Gasteiger partial charge in [0.15, 0.2) is 0 Å². The lowest BCUT2D eigenvalue weighted by atomic mass is 9.97. The molecule has 2 N–H and O–H groups in total. The summed E-state index contributed by atoms with van der Waals surface area (Å²) in [5.41, 5.74) is 1.54. The average molecular weight is 339 g/mol. The number of hydrogen-bond acceptors (Lipinski definition) is 3. The van der Waals surface area contributed by atoms with Crippen molar-refractivity contribution < 1.29 is 18.3 Å². The van der Waals surface area contributed by atoms with Gasteiger partial charge in [0, 0.05) is 38.6 Å². The largest absolute Gasteiger partial charge is 0.508 e. The molecule has 1 aromatic rings. The van der Waals surface area contributed by atoms with Crippen LogP contribution in [0, 0.1) is 6.92 Å². The van der Waals surface area contributed by atoms with E-state index in [2.05, 4.69) is 10.2 Å². The van der Waals surface area contributed by atoms with Crippen LogP contribution in [0.3, 0.4) is 0 Å². The van der Waals surface area contributed by atoms with E-state index in [1.165, 1.54) is 0 Å². The number of piperazine rings is 1. The summed E-state index contributed by atoms with van der Waals surface area (Å²) in [7, 11) is 0. The predicted octanol–water partition coefficient (Wildman–Crippen LogP) is 3.41. The first-order chi connectivity index (χ1) is 9.87. The van der Waals surface area contributed by atoms with E-state index in [1.54, 1.807) is 25.1 Å². The number of aromatic hydroxyl groups is 1. The van der Waals surface area contributed by atoms with E-state index < -0.39 is 12.6 Å². The first-order valence-corrected chi connectivity index (χ1v) is 7.18. The van der Waals surface area contributed by atoms with E-state index in [1.807, 2.05) is 0 Å². The van der Waals surface area contributed by atoms with Crippen molar-refractivity contribution >= 4 is 12.4 Å². The van der Waals surface area contributed by atoms with Crippen LogP contribution in [0.1, 0.15) is 30.0 Å². The summed E-state index contributed by atoms with van der Waals surface area (Å²) in [5, 5.41) is 12.8. The Labute approximate surface area is 134 Å². The molecule has 1 atom stereocenters. The van der Waals surface area contributed by atoms with E-state index in [0.717, 1.165) is 31.7 Å². The molecule has 0 amide bonds. The van der Waals surface area contributed by atoms with Gasteiger partial charge >= 0.3 is 6.18 Å². The minimum Gasteiger partial charge on any atom is -0.508 e.